The van der Waals surface area contributed by atoms with Gasteiger partial charge in [0.15, 0.2) is 4.77 Å². The van der Waals surface area contributed by atoms with E-state index in [1.165, 1.54) is 11.7 Å². The quantitative estimate of drug-likeness (QED) is 0.384. The van der Waals surface area contributed by atoms with Crippen molar-refractivity contribution in [1.82, 2.24) is 9.55 Å². The Balaban J connectivity index is 1.64. The van der Waals surface area contributed by atoms with Crippen LogP contribution in [0.15, 0.2) is 65.5 Å². The highest BCUT2D eigenvalue weighted by Gasteiger charge is 2.14. The fourth-order valence-electron chi connectivity index (χ4n) is 3.56. The van der Waals surface area contributed by atoms with Gasteiger partial charge in [-0.15, -0.1) is 0 Å². The van der Waals surface area contributed by atoms with E-state index in [4.69, 9.17) is 26.4 Å². The van der Waals surface area contributed by atoms with Crippen LogP contribution in [0.2, 0.25) is 0 Å². The van der Waals surface area contributed by atoms with E-state index in [1.54, 1.807) is 50.6 Å². The van der Waals surface area contributed by atoms with Crippen LogP contribution in [-0.2, 0) is 6.54 Å². The van der Waals surface area contributed by atoms with Crippen LogP contribution in [0.5, 0.6) is 17.2 Å². The van der Waals surface area contributed by atoms with Crippen LogP contribution >= 0.6 is 12.2 Å². The number of hydrogen-bond acceptors (Lipinski definition) is 6. The lowest BCUT2D eigenvalue weighted by Gasteiger charge is -2.12. The molecule has 0 aliphatic carbocycles. The first-order chi connectivity index (χ1) is 16.4. The topological polar surface area (TPSA) is 94.6 Å². The number of ether oxygens (including phenoxy) is 3. The van der Waals surface area contributed by atoms with Gasteiger partial charge in [-0.25, -0.2) is 0 Å². The average Bonchev–Trinajstić information content (AvgIpc) is 2.86. The third kappa shape index (κ3) is 4.65. The molecule has 1 heterocycles. The number of amides is 1. The van der Waals surface area contributed by atoms with Gasteiger partial charge in [-0.05, 0) is 60.2 Å². The molecule has 4 aromatic rings. The second kappa shape index (κ2) is 9.80. The summed E-state index contributed by atoms with van der Waals surface area (Å²) in [7, 11) is 4.66. The van der Waals surface area contributed by atoms with E-state index in [2.05, 4.69) is 10.3 Å². The molecule has 0 spiro atoms. The number of aromatic nitrogens is 2. The summed E-state index contributed by atoms with van der Waals surface area (Å²) in [6, 6.07) is 17.3. The first kappa shape index (κ1) is 23.1. The second-order valence-electron chi connectivity index (χ2n) is 7.45. The minimum Gasteiger partial charge on any atom is -0.497 e. The maximum atomic E-state index is 13.1. The van der Waals surface area contributed by atoms with Crippen molar-refractivity contribution in [2.24, 2.45) is 0 Å². The highest BCUT2D eigenvalue weighted by Crippen LogP contribution is 2.29. The Morgan fingerprint density at radius 1 is 0.941 bits per heavy atom. The second-order valence-corrected chi connectivity index (χ2v) is 7.84. The number of aromatic amines is 1. The van der Waals surface area contributed by atoms with Gasteiger partial charge in [-0.1, -0.05) is 12.1 Å². The SMILES string of the molecule is COc1ccc(Cn2c(=S)[nH]c3cc(C(=O)Nc4cc(OC)ccc4OC)ccc3c2=O)cc1. The molecule has 0 aliphatic rings. The van der Waals surface area contributed by atoms with Gasteiger partial charge in [0, 0.05) is 11.6 Å². The van der Waals surface area contributed by atoms with Gasteiger partial charge in [0.05, 0.1) is 44.5 Å². The number of carbonyl (C=O) groups is 1. The Hall–Kier alpha value is -4.11. The molecule has 0 radical (unpaired) electrons. The predicted molar refractivity (Wildman–Crippen MR) is 133 cm³/mol. The zero-order chi connectivity index (χ0) is 24.2. The van der Waals surface area contributed by atoms with Crippen LogP contribution in [0.1, 0.15) is 15.9 Å². The number of rotatable bonds is 7. The summed E-state index contributed by atoms with van der Waals surface area (Å²) in [6.45, 7) is 0.311. The van der Waals surface area contributed by atoms with E-state index >= 15 is 0 Å². The fourth-order valence-corrected chi connectivity index (χ4v) is 3.82. The van der Waals surface area contributed by atoms with E-state index in [0.717, 1.165) is 11.3 Å². The number of carbonyl (C=O) groups excluding carboxylic acids is 1. The van der Waals surface area contributed by atoms with Gasteiger partial charge in [-0.2, -0.15) is 0 Å². The third-order valence-corrected chi connectivity index (χ3v) is 5.72. The number of hydrogen-bond donors (Lipinski definition) is 2. The lowest BCUT2D eigenvalue weighted by atomic mass is 10.1. The third-order valence-electron chi connectivity index (χ3n) is 5.40. The minimum absolute atomic E-state index is 0.240. The Morgan fingerprint density at radius 2 is 1.65 bits per heavy atom. The van der Waals surface area contributed by atoms with Gasteiger partial charge in [-0.3, -0.25) is 14.2 Å². The van der Waals surface area contributed by atoms with Crippen molar-refractivity contribution in [3.63, 3.8) is 0 Å². The van der Waals surface area contributed by atoms with Gasteiger partial charge in [0.1, 0.15) is 17.2 Å². The van der Waals surface area contributed by atoms with Crippen molar-refractivity contribution in [2.75, 3.05) is 26.6 Å². The molecule has 2 N–H and O–H groups in total. The van der Waals surface area contributed by atoms with Crippen LogP contribution in [0.25, 0.3) is 10.9 Å². The van der Waals surface area contributed by atoms with Crippen LogP contribution in [0.3, 0.4) is 0 Å². The van der Waals surface area contributed by atoms with Crippen LogP contribution < -0.4 is 25.1 Å². The van der Waals surface area contributed by atoms with Crippen molar-refractivity contribution in [3.8, 4) is 17.2 Å². The monoisotopic (exact) mass is 477 g/mol. The minimum atomic E-state index is -0.366. The maximum absolute atomic E-state index is 13.1. The largest absolute Gasteiger partial charge is 0.497 e. The normalized spacial score (nSPS) is 10.7. The molecule has 9 heteroatoms. The summed E-state index contributed by atoms with van der Waals surface area (Å²) in [5.41, 5.74) is 1.97. The Kier molecular flexibility index (Phi) is 6.65. The predicted octanol–water partition coefficient (Wildman–Crippen LogP) is 4.39. The Bertz CT molecular complexity index is 1480. The van der Waals surface area contributed by atoms with Crippen molar-refractivity contribution in [2.45, 2.75) is 6.54 Å². The molecular weight excluding hydrogens is 454 g/mol. The molecule has 0 atom stereocenters. The number of nitrogens with one attached hydrogen (secondary N) is 2. The summed E-state index contributed by atoms with van der Waals surface area (Å²) >= 11 is 5.44. The lowest BCUT2D eigenvalue weighted by Crippen LogP contribution is -2.23. The van der Waals surface area contributed by atoms with E-state index in [-0.39, 0.29) is 16.2 Å². The number of benzene rings is 3. The van der Waals surface area contributed by atoms with E-state index in [0.29, 0.717) is 40.2 Å². The number of H-pyrrole nitrogens is 1. The molecule has 174 valence electrons. The summed E-state index contributed by atoms with van der Waals surface area (Å²) in [4.78, 5) is 29.1. The zero-order valence-electron chi connectivity index (χ0n) is 18.9. The molecule has 8 nitrogen and oxygen atoms in total. The number of fused-ring (bicyclic) bond motifs is 1. The highest BCUT2D eigenvalue weighted by atomic mass is 32.1. The van der Waals surface area contributed by atoms with E-state index in [9.17, 15) is 9.59 Å². The maximum Gasteiger partial charge on any atom is 0.262 e. The summed E-state index contributed by atoms with van der Waals surface area (Å²) in [6.07, 6.45) is 0. The number of methoxy groups -OCH3 is 3. The smallest absolute Gasteiger partial charge is 0.262 e. The van der Waals surface area contributed by atoms with Crippen LogP contribution in [-0.4, -0.2) is 36.8 Å². The first-order valence-corrected chi connectivity index (χ1v) is 10.8. The van der Waals surface area contributed by atoms with Gasteiger partial charge < -0.3 is 24.5 Å². The Labute approximate surface area is 200 Å². The molecule has 1 amide bonds. The van der Waals surface area contributed by atoms with Gasteiger partial charge in [0.2, 0.25) is 0 Å². The van der Waals surface area contributed by atoms with E-state index < -0.39 is 0 Å². The average molecular weight is 478 g/mol. The highest BCUT2D eigenvalue weighted by molar-refractivity contribution is 7.71. The molecule has 0 bridgehead atoms. The molecule has 3 aromatic carbocycles. The first-order valence-electron chi connectivity index (χ1n) is 10.4. The molecule has 4 rings (SSSR count). The summed E-state index contributed by atoms with van der Waals surface area (Å²) < 4.78 is 17.5. The van der Waals surface area contributed by atoms with Crippen LogP contribution in [0.4, 0.5) is 5.69 Å². The zero-order valence-corrected chi connectivity index (χ0v) is 19.7. The van der Waals surface area contributed by atoms with Crippen molar-refractivity contribution in [1.29, 1.82) is 0 Å². The molecule has 34 heavy (non-hydrogen) atoms. The molecule has 1 aromatic heterocycles. The van der Waals surface area contributed by atoms with Gasteiger partial charge in [0.25, 0.3) is 11.5 Å². The van der Waals surface area contributed by atoms with Gasteiger partial charge >= 0.3 is 0 Å². The van der Waals surface area contributed by atoms with Crippen molar-refractivity contribution in [3.05, 3.63) is 86.9 Å². The summed E-state index contributed by atoms with van der Waals surface area (Å²) in [5, 5.41) is 3.25. The van der Waals surface area contributed by atoms with E-state index in [1.807, 2.05) is 24.3 Å². The number of nitrogens with zero attached hydrogens (tertiary/aromatic N) is 1. The molecule has 0 fully saturated rings. The number of anilines is 1. The molecule has 0 aliphatic heterocycles. The Morgan fingerprint density at radius 3 is 2.32 bits per heavy atom. The molecular formula is C25H23N3O5S. The molecule has 0 saturated carbocycles. The standard InChI is InChI=1S/C25H23N3O5S/c1-31-17-7-4-15(5-8-17)14-28-24(30)19-10-6-16(12-20(19)27-25(28)34)23(29)26-21-13-18(32-2)9-11-22(21)33-3/h4-13H,14H2,1-3H3,(H,26,29)(H,27,34). The van der Waals surface area contributed by atoms with Crippen LogP contribution in [0, 0.1) is 4.77 Å². The molecule has 0 saturated heterocycles. The fraction of sp³-hybridized carbons (Fsp3) is 0.160. The lowest BCUT2D eigenvalue weighted by molar-refractivity contribution is 0.102. The van der Waals surface area contributed by atoms with Crippen molar-refractivity contribution < 1.29 is 19.0 Å². The van der Waals surface area contributed by atoms with Crippen molar-refractivity contribution >= 4 is 34.7 Å². The molecule has 0 unspecified atom stereocenters. The summed E-state index contributed by atoms with van der Waals surface area (Å²) in [5.74, 6) is 1.44.